The van der Waals surface area contributed by atoms with Crippen LogP contribution in [0.25, 0.3) is 11.1 Å². The molecule has 0 aliphatic carbocycles. The first-order chi connectivity index (χ1) is 8.52. The molecule has 0 atom stereocenters. The molecule has 94 valence electrons. The zero-order valence-corrected chi connectivity index (χ0v) is 11.8. The first-order valence-electron chi connectivity index (χ1n) is 5.81. The van der Waals surface area contributed by atoms with Crippen LogP contribution in [-0.4, -0.2) is 12.1 Å². The van der Waals surface area contributed by atoms with Crippen LogP contribution >= 0.6 is 11.6 Å². The summed E-state index contributed by atoms with van der Waals surface area (Å²) in [5.41, 5.74) is 6.07. The Morgan fingerprint density at radius 1 is 1.06 bits per heavy atom. The van der Waals surface area contributed by atoms with Crippen LogP contribution in [0.3, 0.4) is 0 Å². The summed E-state index contributed by atoms with van der Waals surface area (Å²) in [4.78, 5) is 4.09. The number of hydrogen-bond acceptors (Lipinski definition) is 2. The number of aryl methyl sites for hydroxylation is 1. The second kappa shape index (κ2) is 4.99. The van der Waals surface area contributed by atoms with Crippen LogP contribution in [0, 0.1) is 20.8 Å². The number of rotatable bonds is 2. The lowest BCUT2D eigenvalue weighted by atomic mass is 9.95. The number of aromatic nitrogens is 1. The van der Waals surface area contributed by atoms with Gasteiger partial charge in [-0.15, -0.1) is 0 Å². The summed E-state index contributed by atoms with van der Waals surface area (Å²) >= 11 is 6.01. The van der Waals surface area contributed by atoms with Crippen LogP contribution in [-0.2, 0) is 0 Å². The predicted octanol–water partition coefficient (Wildman–Crippen LogP) is 4.34. The highest BCUT2D eigenvalue weighted by Gasteiger charge is 2.09. The first-order valence-corrected chi connectivity index (χ1v) is 6.19. The minimum absolute atomic E-state index is 0.446. The average Bonchev–Trinajstić information content (AvgIpc) is 2.35. The summed E-state index contributed by atoms with van der Waals surface area (Å²) in [5, 5.41) is 0.446. The Morgan fingerprint density at radius 2 is 1.78 bits per heavy atom. The zero-order chi connectivity index (χ0) is 13.3. The first kappa shape index (κ1) is 12.9. The lowest BCUT2D eigenvalue weighted by Crippen LogP contribution is -1.93. The third-order valence-corrected chi connectivity index (χ3v) is 3.54. The number of benzene rings is 1. The Morgan fingerprint density at radius 3 is 2.44 bits per heavy atom. The average molecular weight is 262 g/mol. The van der Waals surface area contributed by atoms with Gasteiger partial charge in [-0.2, -0.15) is 0 Å². The maximum atomic E-state index is 6.01. The minimum Gasteiger partial charge on any atom is -0.481 e. The second-order valence-corrected chi connectivity index (χ2v) is 4.79. The lowest BCUT2D eigenvalue weighted by Gasteiger charge is -2.12. The van der Waals surface area contributed by atoms with Gasteiger partial charge < -0.3 is 4.74 Å². The van der Waals surface area contributed by atoms with Gasteiger partial charge in [0, 0.05) is 6.07 Å². The molecule has 0 saturated carbocycles. The van der Waals surface area contributed by atoms with Gasteiger partial charge in [0.1, 0.15) is 5.15 Å². The van der Waals surface area contributed by atoms with Crippen LogP contribution in [0.2, 0.25) is 5.15 Å². The maximum absolute atomic E-state index is 6.01. The fraction of sp³-hybridized carbons (Fsp3) is 0.267. The molecule has 0 radical (unpaired) electrons. The largest absolute Gasteiger partial charge is 0.481 e. The molecule has 0 unspecified atom stereocenters. The van der Waals surface area contributed by atoms with E-state index in [-0.39, 0.29) is 0 Å². The molecule has 2 nitrogen and oxygen atoms in total. The van der Waals surface area contributed by atoms with Crippen LogP contribution in [0.5, 0.6) is 5.88 Å². The maximum Gasteiger partial charge on any atom is 0.214 e. The van der Waals surface area contributed by atoms with Gasteiger partial charge in [-0.1, -0.05) is 23.7 Å². The van der Waals surface area contributed by atoms with Gasteiger partial charge in [0.2, 0.25) is 5.88 Å². The van der Waals surface area contributed by atoms with Crippen molar-refractivity contribution in [2.75, 3.05) is 7.11 Å². The number of hydrogen-bond donors (Lipinski definition) is 0. The highest BCUT2D eigenvalue weighted by molar-refractivity contribution is 6.29. The Kier molecular flexibility index (Phi) is 3.58. The van der Waals surface area contributed by atoms with Gasteiger partial charge in [0.05, 0.1) is 7.11 Å². The van der Waals surface area contributed by atoms with E-state index >= 15 is 0 Å². The van der Waals surface area contributed by atoms with Gasteiger partial charge >= 0.3 is 0 Å². The molecule has 2 rings (SSSR count). The van der Waals surface area contributed by atoms with E-state index in [1.54, 1.807) is 7.11 Å². The molecule has 3 heteroatoms. The highest BCUT2D eigenvalue weighted by Crippen LogP contribution is 2.30. The quantitative estimate of drug-likeness (QED) is 0.751. The molecular weight excluding hydrogens is 246 g/mol. The minimum atomic E-state index is 0.446. The molecule has 0 aliphatic rings. The summed E-state index contributed by atoms with van der Waals surface area (Å²) in [6, 6.07) is 8.01. The van der Waals surface area contributed by atoms with Crippen molar-refractivity contribution in [1.29, 1.82) is 0 Å². The van der Waals surface area contributed by atoms with Crippen molar-refractivity contribution in [1.82, 2.24) is 4.98 Å². The number of halogens is 1. The molecule has 0 amide bonds. The smallest absolute Gasteiger partial charge is 0.214 e. The highest BCUT2D eigenvalue weighted by atomic mass is 35.5. The molecule has 0 fully saturated rings. The molecule has 1 heterocycles. The van der Waals surface area contributed by atoms with Crippen molar-refractivity contribution in [3.63, 3.8) is 0 Å². The van der Waals surface area contributed by atoms with E-state index in [2.05, 4.69) is 37.9 Å². The van der Waals surface area contributed by atoms with E-state index < -0.39 is 0 Å². The van der Waals surface area contributed by atoms with Crippen LogP contribution in [0.15, 0.2) is 24.3 Å². The van der Waals surface area contributed by atoms with E-state index in [1.165, 1.54) is 22.3 Å². The van der Waals surface area contributed by atoms with Crippen molar-refractivity contribution in [3.05, 3.63) is 46.1 Å². The molecule has 18 heavy (non-hydrogen) atoms. The molecular formula is C15H16ClNO. The number of pyridine rings is 1. The molecule has 0 saturated heterocycles. The normalized spacial score (nSPS) is 10.5. The fourth-order valence-electron chi connectivity index (χ4n) is 2.00. The number of methoxy groups -OCH3 is 1. The SMILES string of the molecule is COc1cc(-c2ccc(C)c(C)c2C)cc(Cl)n1. The van der Waals surface area contributed by atoms with Crippen molar-refractivity contribution in [2.45, 2.75) is 20.8 Å². The van der Waals surface area contributed by atoms with Crippen molar-refractivity contribution in [3.8, 4) is 17.0 Å². The molecule has 0 spiro atoms. The Bertz CT molecular complexity index is 593. The summed E-state index contributed by atoms with van der Waals surface area (Å²) in [5.74, 6) is 0.537. The van der Waals surface area contributed by atoms with E-state index in [0.29, 0.717) is 11.0 Å². The van der Waals surface area contributed by atoms with Gasteiger partial charge in [-0.05, 0) is 54.7 Å². The number of ether oxygens (including phenoxy) is 1. The fourth-order valence-corrected chi connectivity index (χ4v) is 2.20. The van der Waals surface area contributed by atoms with Gasteiger partial charge in [-0.3, -0.25) is 0 Å². The summed E-state index contributed by atoms with van der Waals surface area (Å²) < 4.78 is 5.16. The third-order valence-electron chi connectivity index (χ3n) is 3.35. The van der Waals surface area contributed by atoms with Crippen molar-refractivity contribution < 1.29 is 4.74 Å². The van der Waals surface area contributed by atoms with E-state index in [4.69, 9.17) is 16.3 Å². The van der Waals surface area contributed by atoms with Crippen LogP contribution in [0.1, 0.15) is 16.7 Å². The summed E-state index contributed by atoms with van der Waals surface area (Å²) in [7, 11) is 1.59. The second-order valence-electron chi connectivity index (χ2n) is 4.40. The summed E-state index contributed by atoms with van der Waals surface area (Å²) in [6.45, 7) is 6.37. The Hall–Kier alpha value is -1.54. The molecule has 0 aliphatic heterocycles. The number of nitrogens with zero attached hydrogens (tertiary/aromatic N) is 1. The van der Waals surface area contributed by atoms with Gasteiger partial charge in [-0.25, -0.2) is 4.98 Å². The molecule has 0 bridgehead atoms. The monoisotopic (exact) mass is 261 g/mol. The lowest BCUT2D eigenvalue weighted by molar-refractivity contribution is 0.398. The van der Waals surface area contributed by atoms with Crippen molar-refractivity contribution in [2.24, 2.45) is 0 Å². The topological polar surface area (TPSA) is 22.1 Å². The van der Waals surface area contributed by atoms with E-state index in [0.717, 1.165) is 5.56 Å². The standard InChI is InChI=1S/C15H16ClNO/c1-9-5-6-13(11(3)10(9)2)12-7-14(16)17-15(8-12)18-4/h5-8H,1-4H3. The van der Waals surface area contributed by atoms with Crippen LogP contribution < -0.4 is 4.74 Å². The Labute approximate surface area is 113 Å². The van der Waals surface area contributed by atoms with Gasteiger partial charge in [0.15, 0.2) is 0 Å². The van der Waals surface area contributed by atoms with Crippen LogP contribution in [0.4, 0.5) is 0 Å². The zero-order valence-electron chi connectivity index (χ0n) is 11.0. The van der Waals surface area contributed by atoms with E-state index in [9.17, 15) is 0 Å². The Balaban J connectivity index is 2.62. The molecule has 1 aromatic heterocycles. The summed E-state index contributed by atoms with van der Waals surface area (Å²) in [6.07, 6.45) is 0. The molecule has 2 aromatic rings. The third kappa shape index (κ3) is 2.34. The van der Waals surface area contributed by atoms with Crippen molar-refractivity contribution >= 4 is 11.6 Å². The molecule has 1 aromatic carbocycles. The predicted molar refractivity (Wildman–Crippen MR) is 75.4 cm³/mol. The molecule has 0 N–H and O–H groups in total. The van der Waals surface area contributed by atoms with Gasteiger partial charge in [0.25, 0.3) is 0 Å². The van der Waals surface area contributed by atoms with E-state index in [1.807, 2.05) is 12.1 Å².